The van der Waals surface area contributed by atoms with Crippen LogP contribution in [0.1, 0.15) is 45.3 Å². The minimum Gasteiger partial charge on any atom is -0.444 e. The number of carbonyl (C=O) groups excluding carboxylic acids is 3. The summed E-state index contributed by atoms with van der Waals surface area (Å²) in [6.45, 7) is 4.20. The number of amides is 3. The van der Waals surface area contributed by atoms with E-state index in [1.54, 1.807) is 52.0 Å². The van der Waals surface area contributed by atoms with Gasteiger partial charge in [0.1, 0.15) is 18.0 Å². The van der Waals surface area contributed by atoms with Gasteiger partial charge in [-0.1, -0.05) is 54.6 Å². The van der Waals surface area contributed by atoms with E-state index >= 15 is 0 Å². The van der Waals surface area contributed by atoms with Gasteiger partial charge >= 0.3 is 6.09 Å². The third-order valence-corrected chi connectivity index (χ3v) is 10.7. The maximum absolute atomic E-state index is 14.6. The van der Waals surface area contributed by atoms with Gasteiger partial charge in [-0.15, -0.1) is 23.1 Å². The molecule has 3 fully saturated rings. The Labute approximate surface area is 288 Å². The van der Waals surface area contributed by atoms with Crippen LogP contribution in [0.15, 0.2) is 90.4 Å². The number of nitrogens with one attached hydrogen (secondary N) is 1. The molecule has 3 amide bonds. The van der Waals surface area contributed by atoms with Gasteiger partial charge in [-0.2, -0.15) is 0 Å². The summed E-state index contributed by atoms with van der Waals surface area (Å²) in [4.78, 5) is 51.1. The van der Waals surface area contributed by atoms with Gasteiger partial charge < -0.3 is 14.8 Å². The van der Waals surface area contributed by atoms with Gasteiger partial charge in [-0.3, -0.25) is 24.3 Å². The van der Waals surface area contributed by atoms with Gasteiger partial charge in [-0.05, 0) is 53.8 Å². The van der Waals surface area contributed by atoms with Crippen LogP contribution in [0.3, 0.4) is 0 Å². The topological polar surface area (TPSA) is 104 Å². The Balaban J connectivity index is 1.15. The van der Waals surface area contributed by atoms with Crippen molar-refractivity contribution in [2.75, 3.05) is 37.0 Å². The molecular weight excluding hydrogens is 647 g/mol. The molecule has 3 heterocycles. The molecule has 1 aromatic heterocycles. The number of carbonyl (C=O) groups is 3. The molecule has 12 heteroatoms. The first-order chi connectivity index (χ1) is 23.5. The Morgan fingerprint density at radius 3 is 2.38 bits per heavy atom. The zero-order valence-corrected chi connectivity index (χ0v) is 28.0. The number of thiazole rings is 1. The van der Waals surface area contributed by atoms with Crippen LogP contribution in [0.25, 0.3) is 0 Å². The molecule has 7 rings (SSSR count). The SMILES string of the molecule is O=C(NC1CC1)c1ccc(N(C(=O)C2CSC(c3ccc(CN4CCOCC4)cc3)N2C(=O)OCc2ccccc2)c2nccs2)cc1. The van der Waals surface area contributed by atoms with Crippen molar-refractivity contribution >= 4 is 51.8 Å². The summed E-state index contributed by atoms with van der Waals surface area (Å²) in [6.07, 6.45) is 3.09. The number of anilines is 2. The fourth-order valence-electron chi connectivity index (χ4n) is 5.84. The summed E-state index contributed by atoms with van der Waals surface area (Å²) >= 11 is 2.87. The molecule has 0 radical (unpaired) electrons. The van der Waals surface area contributed by atoms with E-state index < -0.39 is 17.5 Å². The van der Waals surface area contributed by atoms with Gasteiger partial charge in [0.2, 0.25) is 0 Å². The van der Waals surface area contributed by atoms with Crippen molar-refractivity contribution in [1.82, 2.24) is 20.1 Å². The Hall–Kier alpha value is -4.23. The van der Waals surface area contributed by atoms with Crippen LogP contribution in [-0.4, -0.2) is 76.8 Å². The summed E-state index contributed by atoms with van der Waals surface area (Å²) < 4.78 is 11.3. The van der Waals surface area contributed by atoms with Crippen LogP contribution >= 0.6 is 23.1 Å². The van der Waals surface area contributed by atoms with Crippen LogP contribution in [-0.2, 0) is 27.4 Å². The fraction of sp³-hybridized carbons (Fsp3) is 0.333. The van der Waals surface area contributed by atoms with Crippen LogP contribution in [0.2, 0.25) is 0 Å². The highest BCUT2D eigenvalue weighted by Crippen LogP contribution is 2.44. The molecule has 248 valence electrons. The van der Waals surface area contributed by atoms with Crippen LogP contribution in [0.5, 0.6) is 0 Å². The highest BCUT2D eigenvalue weighted by Gasteiger charge is 2.46. The molecule has 0 spiro atoms. The molecule has 10 nitrogen and oxygen atoms in total. The zero-order chi connectivity index (χ0) is 32.9. The van der Waals surface area contributed by atoms with E-state index in [1.165, 1.54) is 16.9 Å². The largest absolute Gasteiger partial charge is 0.444 e. The number of morpholine rings is 1. The van der Waals surface area contributed by atoms with Gasteiger partial charge in [0.15, 0.2) is 5.13 Å². The first-order valence-electron chi connectivity index (χ1n) is 16.2. The summed E-state index contributed by atoms with van der Waals surface area (Å²) in [6, 6.07) is 24.2. The first kappa shape index (κ1) is 32.3. The van der Waals surface area contributed by atoms with E-state index in [2.05, 4.69) is 27.3 Å². The number of aromatic nitrogens is 1. The average molecular weight is 684 g/mol. The lowest BCUT2D eigenvalue weighted by molar-refractivity contribution is -0.121. The predicted octanol–water partition coefficient (Wildman–Crippen LogP) is 5.99. The van der Waals surface area contributed by atoms with E-state index in [4.69, 9.17) is 9.47 Å². The standard InChI is InChI=1S/C36H37N5O5S2/c42-32(38-29-12-13-29)27-10-14-30(15-11-27)40(35-37-16-21-47-35)33(43)31-24-48-34(41(31)36(44)46-23-26-4-2-1-3-5-26)28-8-6-25(7-9-28)22-39-17-19-45-20-18-39/h1-11,14-16,21,29,31,34H,12-13,17-20,22-24H2,(H,38,42). The van der Waals surface area contributed by atoms with Crippen LogP contribution in [0.4, 0.5) is 15.6 Å². The van der Waals surface area contributed by atoms with Crippen molar-refractivity contribution in [3.8, 4) is 0 Å². The Morgan fingerprint density at radius 2 is 1.69 bits per heavy atom. The lowest BCUT2D eigenvalue weighted by atomic mass is 10.1. The lowest BCUT2D eigenvalue weighted by Crippen LogP contribution is -2.48. The van der Waals surface area contributed by atoms with E-state index in [0.29, 0.717) is 22.1 Å². The highest BCUT2D eigenvalue weighted by atomic mass is 32.2. The van der Waals surface area contributed by atoms with Crippen molar-refractivity contribution in [2.24, 2.45) is 0 Å². The van der Waals surface area contributed by atoms with E-state index in [0.717, 1.165) is 56.8 Å². The highest BCUT2D eigenvalue weighted by molar-refractivity contribution is 7.99. The maximum atomic E-state index is 14.6. The second kappa shape index (κ2) is 14.9. The minimum atomic E-state index is -0.821. The first-order valence-corrected chi connectivity index (χ1v) is 18.1. The third kappa shape index (κ3) is 7.57. The number of nitrogens with zero attached hydrogens (tertiary/aromatic N) is 4. The number of benzene rings is 3. The Kier molecular flexibility index (Phi) is 10.0. The molecule has 3 aliphatic rings. The van der Waals surface area contributed by atoms with Gasteiger partial charge in [0.25, 0.3) is 11.8 Å². The molecule has 2 aliphatic heterocycles. The predicted molar refractivity (Wildman–Crippen MR) is 186 cm³/mol. The fourth-order valence-corrected chi connectivity index (χ4v) is 7.92. The van der Waals surface area contributed by atoms with E-state index in [1.807, 2.05) is 47.8 Å². The average Bonchev–Trinajstić information content (AvgIpc) is 3.57. The number of hydrogen-bond donors (Lipinski definition) is 1. The van der Waals surface area contributed by atoms with Crippen molar-refractivity contribution < 1.29 is 23.9 Å². The van der Waals surface area contributed by atoms with Crippen molar-refractivity contribution in [3.05, 3.63) is 113 Å². The van der Waals surface area contributed by atoms with Crippen LogP contribution in [0, 0.1) is 0 Å². The summed E-state index contributed by atoms with van der Waals surface area (Å²) in [5, 5.41) is 4.87. The smallest absolute Gasteiger partial charge is 0.412 e. The second-order valence-corrected chi connectivity index (χ2v) is 14.0. The number of thioether (sulfide) groups is 1. The van der Waals surface area contributed by atoms with Gasteiger partial charge in [-0.25, -0.2) is 9.78 Å². The molecule has 48 heavy (non-hydrogen) atoms. The molecule has 2 saturated heterocycles. The van der Waals surface area contributed by atoms with Crippen molar-refractivity contribution in [3.63, 3.8) is 0 Å². The number of hydrogen-bond acceptors (Lipinski definition) is 9. The molecule has 0 bridgehead atoms. The normalized spacial score (nSPS) is 19.5. The van der Waals surface area contributed by atoms with Gasteiger partial charge in [0.05, 0.1) is 18.9 Å². The van der Waals surface area contributed by atoms with E-state index in [-0.39, 0.29) is 24.5 Å². The van der Waals surface area contributed by atoms with Crippen molar-refractivity contribution in [1.29, 1.82) is 0 Å². The number of rotatable bonds is 10. The maximum Gasteiger partial charge on any atom is 0.412 e. The minimum absolute atomic E-state index is 0.0908. The second-order valence-electron chi connectivity index (χ2n) is 12.1. The Morgan fingerprint density at radius 1 is 0.938 bits per heavy atom. The quantitative estimate of drug-likeness (QED) is 0.218. The summed E-state index contributed by atoms with van der Waals surface area (Å²) in [5.74, 6) is -0.0475. The summed E-state index contributed by atoms with van der Waals surface area (Å²) in [5.41, 5.74) is 4.05. The molecule has 1 N–H and O–H groups in total. The molecule has 4 aromatic rings. The molecule has 2 unspecified atom stereocenters. The monoisotopic (exact) mass is 683 g/mol. The zero-order valence-electron chi connectivity index (χ0n) is 26.4. The summed E-state index contributed by atoms with van der Waals surface area (Å²) in [7, 11) is 0. The van der Waals surface area contributed by atoms with Crippen LogP contribution < -0.4 is 10.2 Å². The number of ether oxygens (including phenoxy) is 2. The molecule has 1 aliphatic carbocycles. The molecule has 1 saturated carbocycles. The van der Waals surface area contributed by atoms with Crippen molar-refractivity contribution in [2.45, 2.75) is 43.5 Å². The third-order valence-electron chi connectivity index (χ3n) is 8.61. The molecule has 2 atom stereocenters. The molecule has 3 aromatic carbocycles. The van der Waals surface area contributed by atoms with Gasteiger partial charge in [0, 0.05) is 48.6 Å². The lowest BCUT2D eigenvalue weighted by Gasteiger charge is -2.31. The Bertz CT molecular complexity index is 1700. The van der Waals surface area contributed by atoms with E-state index in [9.17, 15) is 14.4 Å². The molecular formula is C36H37N5O5S2.